The maximum atomic E-state index is 10.2. The maximum Gasteiger partial charge on any atom is 2.00 e. The van der Waals surface area contributed by atoms with Gasteiger partial charge in [0.25, 0.3) is 0 Å². The van der Waals surface area contributed by atoms with Gasteiger partial charge >= 0.3 is 19.5 Å². The number of nitrogens with zero attached hydrogens (tertiary/aromatic N) is 2. The first-order valence-corrected chi connectivity index (χ1v) is 5.85. The van der Waals surface area contributed by atoms with Crippen molar-refractivity contribution in [3.8, 4) is 0 Å². The van der Waals surface area contributed by atoms with Gasteiger partial charge in [0.2, 0.25) is 0 Å². The van der Waals surface area contributed by atoms with Crippen LogP contribution in [-0.4, -0.2) is 11.9 Å². The van der Waals surface area contributed by atoms with Gasteiger partial charge < -0.3 is 19.8 Å². The van der Waals surface area contributed by atoms with E-state index in [0.29, 0.717) is 11.4 Å². The van der Waals surface area contributed by atoms with Crippen LogP contribution in [0.2, 0.25) is 0 Å². The molecule has 0 heterocycles. The van der Waals surface area contributed by atoms with E-state index in [9.17, 15) is 19.8 Å². The number of carboxylic acids is 2. The van der Waals surface area contributed by atoms with Crippen molar-refractivity contribution in [3.63, 3.8) is 0 Å². The summed E-state index contributed by atoms with van der Waals surface area (Å²) in [6.07, 6.45) is 0. The zero-order valence-corrected chi connectivity index (χ0v) is 14.8. The first-order valence-electron chi connectivity index (χ1n) is 5.85. The average molecular weight is 358 g/mol. The molecule has 0 N–H and O–H groups in total. The van der Waals surface area contributed by atoms with Gasteiger partial charge in [0.05, 0.1) is 25.1 Å². The fourth-order valence-corrected chi connectivity index (χ4v) is 1.34. The number of carboxylic acid groups (broad SMARTS) is 2. The van der Waals surface area contributed by atoms with Crippen molar-refractivity contribution in [2.75, 3.05) is 0 Å². The van der Waals surface area contributed by atoms with Crippen LogP contribution in [0.1, 0.15) is 20.7 Å². The Hall–Kier alpha value is -3.02. The molecule has 2 aromatic rings. The number of carbonyl (C=O) groups is 2. The van der Waals surface area contributed by atoms with Crippen molar-refractivity contribution in [1.82, 2.24) is 0 Å². The molecule has 0 aliphatic carbocycles. The molecule has 2 aromatic carbocycles. The summed E-state index contributed by atoms with van der Waals surface area (Å²) in [6.45, 7) is 13.2. The Bertz CT molecular complexity index is 689. The van der Waals surface area contributed by atoms with Crippen LogP contribution < -0.4 is 10.2 Å². The van der Waals surface area contributed by atoms with E-state index in [-0.39, 0.29) is 30.6 Å². The predicted octanol–water partition coefficient (Wildman–Crippen LogP) is 1.20. The van der Waals surface area contributed by atoms with Gasteiger partial charge in [-0.3, -0.25) is 0 Å². The molecular weight excluding hydrogens is 350 g/mol. The van der Waals surface area contributed by atoms with Gasteiger partial charge in [0, 0.05) is 0 Å². The van der Waals surface area contributed by atoms with Gasteiger partial charge in [-0.25, -0.2) is 9.69 Å². The number of hydrogen-bond donors (Lipinski definition) is 0. The van der Waals surface area contributed by atoms with Crippen molar-refractivity contribution in [2.24, 2.45) is 0 Å². The van der Waals surface area contributed by atoms with Crippen LogP contribution in [0, 0.1) is 13.1 Å². The third kappa shape index (κ3) is 6.52. The monoisotopic (exact) mass is 356 g/mol. The summed E-state index contributed by atoms with van der Waals surface area (Å²) in [7, 11) is 0. The van der Waals surface area contributed by atoms with Crippen molar-refractivity contribution < 1.29 is 39.3 Å². The smallest absolute Gasteiger partial charge is 0.545 e. The molecule has 0 radical (unpaired) electrons. The van der Waals surface area contributed by atoms with Crippen LogP contribution >= 0.6 is 0 Å². The van der Waals surface area contributed by atoms with Crippen molar-refractivity contribution >= 4 is 23.3 Å². The number of hydrogen-bond acceptors (Lipinski definition) is 4. The van der Waals surface area contributed by atoms with Crippen LogP contribution in [0.25, 0.3) is 9.69 Å². The Morgan fingerprint density at radius 2 is 0.957 bits per heavy atom. The maximum absolute atomic E-state index is 10.2. The molecule has 0 aromatic heterocycles. The Balaban J connectivity index is 0.000000403. The van der Waals surface area contributed by atoms with E-state index in [1.165, 1.54) is 48.5 Å². The van der Waals surface area contributed by atoms with E-state index in [4.69, 9.17) is 13.1 Å². The molecule has 0 saturated carbocycles. The Kier molecular flexibility index (Phi) is 8.55. The normalized spacial score (nSPS) is 8.26. The zero-order chi connectivity index (χ0) is 16.5. The van der Waals surface area contributed by atoms with Crippen molar-refractivity contribution in [3.05, 3.63) is 82.5 Å². The molecule has 23 heavy (non-hydrogen) atoms. The number of benzene rings is 2. The molecule has 0 atom stereocenters. The van der Waals surface area contributed by atoms with Crippen LogP contribution in [0.3, 0.4) is 0 Å². The van der Waals surface area contributed by atoms with Gasteiger partial charge in [-0.05, 0) is 11.1 Å². The molecule has 0 saturated heterocycles. The van der Waals surface area contributed by atoms with Gasteiger partial charge in [-0.1, -0.05) is 48.5 Å². The molecule has 0 unspecified atom stereocenters. The summed E-state index contributed by atoms with van der Waals surface area (Å²) < 4.78 is 0. The second-order valence-electron chi connectivity index (χ2n) is 3.89. The average Bonchev–Trinajstić information content (AvgIpc) is 2.55. The Morgan fingerprint density at radius 1 is 0.696 bits per heavy atom. The molecule has 108 valence electrons. The second-order valence-corrected chi connectivity index (χ2v) is 3.89. The van der Waals surface area contributed by atoms with E-state index < -0.39 is 11.9 Å². The second kappa shape index (κ2) is 9.84. The molecule has 0 bridgehead atoms. The minimum absolute atomic E-state index is 0. The molecule has 2 rings (SSSR count). The quantitative estimate of drug-likeness (QED) is 0.596. The predicted molar refractivity (Wildman–Crippen MR) is 74.1 cm³/mol. The summed E-state index contributed by atoms with van der Waals surface area (Å²) in [4.78, 5) is 26.6. The van der Waals surface area contributed by atoms with E-state index in [0.717, 1.165) is 0 Å². The van der Waals surface area contributed by atoms with Crippen LogP contribution in [0.15, 0.2) is 48.5 Å². The van der Waals surface area contributed by atoms with E-state index in [2.05, 4.69) is 9.69 Å². The third-order valence-corrected chi connectivity index (χ3v) is 2.46. The number of carbonyl (C=O) groups excluding carboxylic acids is 2. The third-order valence-electron chi connectivity index (χ3n) is 2.46. The minimum Gasteiger partial charge on any atom is -0.545 e. The largest absolute Gasteiger partial charge is 2.00 e. The van der Waals surface area contributed by atoms with Gasteiger partial charge in [-0.2, -0.15) is 0 Å². The van der Waals surface area contributed by atoms with Gasteiger partial charge in [-0.15, -0.1) is 0 Å². The number of rotatable bonds is 2. The van der Waals surface area contributed by atoms with Gasteiger partial charge in [0.1, 0.15) is 0 Å². The summed E-state index contributed by atoms with van der Waals surface area (Å²) in [6, 6.07) is 11.2. The van der Waals surface area contributed by atoms with E-state index in [1.807, 2.05) is 0 Å². The molecule has 6 nitrogen and oxygen atoms in total. The van der Waals surface area contributed by atoms with Crippen molar-refractivity contribution in [1.29, 1.82) is 0 Å². The fourth-order valence-electron chi connectivity index (χ4n) is 1.34. The van der Waals surface area contributed by atoms with E-state index in [1.54, 1.807) is 0 Å². The summed E-state index contributed by atoms with van der Waals surface area (Å²) in [5.41, 5.74) is 1.04. The SMILES string of the molecule is [C-]#[N+]c1ccc(C(=O)[O-])cc1.[C-]#[N+]c1ccc(C(=O)[O-])cc1.[Zn+2]. The molecule has 0 aliphatic heterocycles. The minimum atomic E-state index is -1.22. The van der Waals surface area contributed by atoms with Crippen LogP contribution in [-0.2, 0) is 19.5 Å². The first kappa shape index (κ1) is 20.0. The molecule has 0 fully saturated rings. The molecule has 0 spiro atoms. The van der Waals surface area contributed by atoms with E-state index >= 15 is 0 Å². The topological polar surface area (TPSA) is 89.0 Å². The van der Waals surface area contributed by atoms with Crippen LogP contribution in [0.4, 0.5) is 11.4 Å². The summed E-state index contributed by atoms with van der Waals surface area (Å²) in [5.74, 6) is -2.44. The number of aromatic carboxylic acids is 2. The summed E-state index contributed by atoms with van der Waals surface area (Å²) in [5, 5.41) is 20.4. The molecule has 0 amide bonds. The Morgan fingerprint density at radius 3 is 1.13 bits per heavy atom. The molecule has 7 heteroatoms. The summed E-state index contributed by atoms with van der Waals surface area (Å²) >= 11 is 0. The van der Waals surface area contributed by atoms with Crippen molar-refractivity contribution in [2.45, 2.75) is 0 Å². The fraction of sp³-hybridized carbons (Fsp3) is 0. The Labute approximate surface area is 145 Å². The van der Waals surface area contributed by atoms with Gasteiger partial charge in [0.15, 0.2) is 11.4 Å². The molecule has 0 aliphatic rings. The standard InChI is InChI=1S/2C8H5NO2.Zn/c2*1-9-7-4-2-6(3-5-7)8(10)11;/h2*2-5H,(H,10,11);/q;;+2/p-2. The van der Waals surface area contributed by atoms with Crippen LogP contribution in [0.5, 0.6) is 0 Å². The first-order chi connectivity index (χ1) is 10.5. The zero-order valence-electron chi connectivity index (χ0n) is 11.9. The molecular formula is C16H8N2O4Zn.